The average Bonchev–Trinajstić information content (AvgIpc) is 3.38. The smallest absolute Gasteiger partial charge is 0.296 e. The highest BCUT2D eigenvalue weighted by Crippen LogP contribution is 2.75. The summed E-state index contributed by atoms with van der Waals surface area (Å²) in [5.74, 6) is -0.0744. The molecule has 2 saturated heterocycles. The third kappa shape index (κ3) is 4.16. The average molecular weight is 531 g/mol. The molecule has 34 heavy (non-hydrogen) atoms. The number of aromatic hydroxyl groups is 1. The first-order valence-electron chi connectivity index (χ1n) is 11.2. The van der Waals surface area contributed by atoms with E-state index in [1.807, 2.05) is 0 Å². The lowest BCUT2D eigenvalue weighted by atomic mass is 9.77. The normalized spacial score (nSPS) is 40.0. The first kappa shape index (κ1) is 24.4. The topological polar surface area (TPSA) is 111 Å². The van der Waals surface area contributed by atoms with Gasteiger partial charge in [0.2, 0.25) is 5.69 Å². The molecule has 4 heterocycles. The van der Waals surface area contributed by atoms with E-state index in [1.165, 1.54) is 16.5 Å². The fourth-order valence-corrected chi connectivity index (χ4v) is 12.1. The number of fused-ring (bicyclic) bond motifs is 2. The van der Waals surface area contributed by atoms with Crippen LogP contribution >= 0.6 is 17.1 Å². The summed E-state index contributed by atoms with van der Waals surface area (Å²) in [6.45, 7) is 10.2. The summed E-state index contributed by atoms with van der Waals surface area (Å²) < 4.78 is 35.0. The van der Waals surface area contributed by atoms with E-state index in [0.29, 0.717) is 5.92 Å². The number of hydrogen-bond donors (Lipinski definition) is 2. The first-order valence-corrected chi connectivity index (χ1v) is 15.3. The maximum Gasteiger partial charge on any atom is 0.296 e. The van der Waals surface area contributed by atoms with Gasteiger partial charge in [0, 0.05) is 10.7 Å². The van der Waals surface area contributed by atoms with Crippen LogP contribution in [0.25, 0.3) is 11.2 Å². The quantitative estimate of drug-likeness (QED) is 0.434. The number of allylic oxidation sites excluding steroid dienone is 1. The minimum atomic E-state index is -2.62. The summed E-state index contributed by atoms with van der Waals surface area (Å²) in [5.41, 5.74) is -2.02. The zero-order valence-electron chi connectivity index (χ0n) is 19.1. The first-order chi connectivity index (χ1) is 16.0. The van der Waals surface area contributed by atoms with Gasteiger partial charge in [-0.1, -0.05) is 30.5 Å². The van der Waals surface area contributed by atoms with Gasteiger partial charge in [-0.15, -0.1) is 0 Å². The highest BCUT2D eigenvalue weighted by molar-refractivity contribution is 8.68. The number of ether oxygens (including phenoxy) is 1. The standard InChI is InChI=1S/C21H28FN4O5PS2/c1-10(2)12-5-6-21(4)14(7-12)31-32(33,34-21)29-8-13-11(3)15(22)19(30-13)26-9-23-16-17(26)24-20(28)25-18(16)27/h9,11-15,19H,1,5-8H2,2-4H3,(H2,24,25,27,28)/t11-,12-,13-,14+,15-,19-,21+,32+/m1/s1. The number of halogens is 1. The molecule has 13 heteroatoms. The van der Waals surface area contributed by atoms with Crippen LogP contribution in [0, 0.1) is 11.8 Å². The zero-order valence-corrected chi connectivity index (χ0v) is 21.7. The van der Waals surface area contributed by atoms with Gasteiger partial charge in [0.1, 0.15) is 0 Å². The minimum absolute atomic E-state index is 0.00365. The Morgan fingerprint density at radius 3 is 3.09 bits per heavy atom. The molecular formula is C21H28FN4O5PS2. The molecule has 3 fully saturated rings. The van der Waals surface area contributed by atoms with E-state index < -0.39 is 41.7 Å². The molecular weight excluding hydrogens is 502 g/mol. The van der Waals surface area contributed by atoms with Gasteiger partial charge in [-0.2, -0.15) is 4.98 Å². The Hall–Kier alpha value is -1.30. The number of aromatic nitrogens is 4. The molecule has 2 aliphatic heterocycles. The highest BCUT2D eigenvalue weighted by atomic mass is 32.9. The number of nitrogens with one attached hydrogen (secondary N) is 1. The van der Waals surface area contributed by atoms with E-state index in [4.69, 9.17) is 25.6 Å². The largest absolute Gasteiger partial charge is 0.480 e. The SMILES string of the molecule is C=C(C)[C@@H]1CC[C@]2(C)S[P@@](=S)(OC[C@H]3O[C@@H](n4cnc5c(=O)[nH]c(O)nc54)[C@H](F)[C@@H]3C)O[C@H]2C1. The van der Waals surface area contributed by atoms with E-state index in [2.05, 4.69) is 35.4 Å². The van der Waals surface area contributed by atoms with Crippen LogP contribution < -0.4 is 5.56 Å². The predicted octanol–water partition coefficient (Wildman–Crippen LogP) is 4.20. The van der Waals surface area contributed by atoms with Gasteiger partial charge in [-0.05, 0) is 50.8 Å². The zero-order chi connectivity index (χ0) is 24.4. The second-order valence-electron chi connectivity index (χ2n) is 9.64. The molecule has 3 aliphatic rings. The van der Waals surface area contributed by atoms with Gasteiger partial charge in [-0.3, -0.25) is 14.3 Å². The van der Waals surface area contributed by atoms with Crippen LogP contribution in [0.3, 0.4) is 0 Å². The third-order valence-electron chi connectivity index (χ3n) is 7.21. The molecule has 0 aromatic carbocycles. The van der Waals surface area contributed by atoms with Crippen molar-refractivity contribution in [3.8, 4) is 6.01 Å². The molecule has 8 atom stereocenters. The Morgan fingerprint density at radius 2 is 2.35 bits per heavy atom. The minimum Gasteiger partial charge on any atom is -0.480 e. The summed E-state index contributed by atoms with van der Waals surface area (Å²) in [5, 5.41) is 9.66. The summed E-state index contributed by atoms with van der Waals surface area (Å²) in [6.07, 6.45) is 1.20. The van der Waals surface area contributed by atoms with Gasteiger partial charge in [0.25, 0.3) is 11.6 Å². The maximum atomic E-state index is 15.3. The number of imidazole rings is 1. The van der Waals surface area contributed by atoms with E-state index in [9.17, 15) is 9.90 Å². The summed E-state index contributed by atoms with van der Waals surface area (Å²) in [4.78, 5) is 22.1. The fraction of sp³-hybridized carbons (Fsp3) is 0.667. The maximum absolute atomic E-state index is 15.3. The molecule has 9 nitrogen and oxygen atoms in total. The molecule has 5 rings (SSSR count). The van der Waals surface area contributed by atoms with Crippen molar-refractivity contribution in [3.05, 3.63) is 28.8 Å². The van der Waals surface area contributed by atoms with Crippen molar-refractivity contribution in [2.24, 2.45) is 11.8 Å². The Bertz CT molecular complexity index is 1240. The molecule has 0 spiro atoms. The Balaban J connectivity index is 1.29. The number of hydrogen-bond acceptors (Lipinski definition) is 9. The van der Waals surface area contributed by atoms with Crippen LogP contribution in [-0.2, 0) is 25.6 Å². The molecule has 0 amide bonds. The molecule has 0 radical (unpaired) electrons. The van der Waals surface area contributed by atoms with Gasteiger partial charge in [-0.25, -0.2) is 9.37 Å². The van der Waals surface area contributed by atoms with Crippen LogP contribution in [0.4, 0.5) is 4.39 Å². The van der Waals surface area contributed by atoms with Crippen LogP contribution in [0.1, 0.15) is 46.3 Å². The van der Waals surface area contributed by atoms with Crippen molar-refractivity contribution in [3.63, 3.8) is 0 Å². The second kappa shape index (κ2) is 8.67. The summed E-state index contributed by atoms with van der Waals surface area (Å²) in [6, 6.07) is -0.572. The van der Waals surface area contributed by atoms with Crippen molar-refractivity contribution >= 4 is 40.0 Å². The van der Waals surface area contributed by atoms with Crippen molar-refractivity contribution in [2.45, 2.75) is 69.4 Å². The molecule has 186 valence electrons. The molecule has 1 saturated carbocycles. The molecule has 2 aromatic rings. The van der Waals surface area contributed by atoms with Crippen LogP contribution in [0.5, 0.6) is 6.01 Å². The lowest BCUT2D eigenvalue weighted by molar-refractivity contribution is -0.0343. The van der Waals surface area contributed by atoms with Crippen molar-refractivity contribution in [1.82, 2.24) is 19.5 Å². The number of rotatable bonds is 5. The predicted molar refractivity (Wildman–Crippen MR) is 131 cm³/mol. The summed E-state index contributed by atoms with van der Waals surface area (Å²) >= 11 is 7.44. The van der Waals surface area contributed by atoms with Crippen molar-refractivity contribution in [2.75, 3.05) is 6.61 Å². The molecule has 0 unspecified atom stereocenters. The number of H-pyrrole nitrogens is 1. The molecule has 0 bridgehead atoms. The van der Waals surface area contributed by atoms with Crippen LogP contribution in [0.2, 0.25) is 0 Å². The monoisotopic (exact) mass is 530 g/mol. The Labute approximate surface area is 205 Å². The van der Waals surface area contributed by atoms with Gasteiger partial charge < -0.3 is 18.9 Å². The van der Waals surface area contributed by atoms with E-state index in [-0.39, 0.29) is 28.6 Å². The second-order valence-corrected chi connectivity index (χ2v) is 16.2. The van der Waals surface area contributed by atoms with E-state index in [1.54, 1.807) is 18.3 Å². The lowest BCUT2D eigenvalue weighted by Crippen LogP contribution is -2.39. The number of alkyl halides is 1. The van der Waals surface area contributed by atoms with Gasteiger partial charge in [0.05, 0.1) is 25.1 Å². The van der Waals surface area contributed by atoms with E-state index in [0.717, 1.165) is 19.3 Å². The van der Waals surface area contributed by atoms with Gasteiger partial charge in [0.15, 0.2) is 23.6 Å². The lowest BCUT2D eigenvalue weighted by Gasteiger charge is -2.37. The van der Waals surface area contributed by atoms with Crippen LogP contribution in [0.15, 0.2) is 23.3 Å². The van der Waals surface area contributed by atoms with Crippen molar-refractivity contribution < 1.29 is 23.3 Å². The number of aromatic amines is 1. The van der Waals surface area contributed by atoms with Crippen molar-refractivity contribution in [1.29, 1.82) is 0 Å². The molecule has 2 aromatic heterocycles. The van der Waals surface area contributed by atoms with Gasteiger partial charge >= 0.3 is 0 Å². The molecule has 1 aliphatic carbocycles. The Morgan fingerprint density at radius 1 is 1.59 bits per heavy atom. The van der Waals surface area contributed by atoms with E-state index >= 15 is 4.39 Å². The van der Waals surface area contributed by atoms with Crippen LogP contribution in [-0.4, -0.2) is 54.4 Å². The number of nitrogens with zero attached hydrogens (tertiary/aromatic N) is 3. The fourth-order valence-electron chi connectivity index (χ4n) is 4.96. The third-order valence-corrected chi connectivity index (χ3v) is 13.0. The summed E-state index contributed by atoms with van der Waals surface area (Å²) in [7, 11) is 0. The highest BCUT2D eigenvalue weighted by Gasteiger charge is 2.54. The Kier molecular flexibility index (Phi) is 6.22. The molecule has 2 N–H and O–H groups in total.